The Morgan fingerprint density at radius 2 is 1.91 bits per heavy atom. The van der Waals surface area contributed by atoms with Crippen molar-refractivity contribution in [2.24, 2.45) is 0 Å². The quantitative estimate of drug-likeness (QED) is 0.432. The van der Waals surface area contributed by atoms with E-state index in [4.69, 9.17) is 11.6 Å². The fourth-order valence-electron chi connectivity index (χ4n) is 4.03. The maximum Gasteiger partial charge on any atom is 0.289 e. The van der Waals surface area contributed by atoms with Gasteiger partial charge in [0.15, 0.2) is 10.7 Å². The molecule has 0 bridgehead atoms. The molecule has 0 spiro atoms. The van der Waals surface area contributed by atoms with Gasteiger partial charge in [-0.1, -0.05) is 29.8 Å². The van der Waals surface area contributed by atoms with Crippen molar-refractivity contribution in [2.45, 2.75) is 44.2 Å². The maximum absolute atomic E-state index is 13.2. The van der Waals surface area contributed by atoms with Crippen LogP contribution in [0.3, 0.4) is 0 Å². The minimum atomic E-state index is -4.31. The molecule has 2 aromatic rings. The number of halogens is 1. The summed E-state index contributed by atoms with van der Waals surface area (Å²) in [5.74, 6) is -0.755. The predicted octanol–water partition coefficient (Wildman–Crippen LogP) is 2.98. The van der Waals surface area contributed by atoms with E-state index < -0.39 is 43.5 Å². The average Bonchev–Trinajstić information content (AvgIpc) is 2.75. The van der Waals surface area contributed by atoms with E-state index in [1.54, 1.807) is 18.2 Å². The summed E-state index contributed by atoms with van der Waals surface area (Å²) in [7, 11) is -4.31. The van der Waals surface area contributed by atoms with Crippen LogP contribution in [0.1, 0.15) is 25.0 Å². The third kappa shape index (κ3) is 4.92. The predicted molar refractivity (Wildman–Crippen MR) is 123 cm³/mol. The van der Waals surface area contributed by atoms with Crippen LogP contribution in [0.4, 0.5) is 5.69 Å². The Hall–Kier alpha value is -2.82. The SMILES string of the molecule is CC(=O)[C@H](Cc1ccc(Cl)cc1C)N1CCN(S(=O)(=O)c2ccccc2[N+](=O)[O-])[C@@H](C)C1=O. The van der Waals surface area contributed by atoms with E-state index in [1.807, 2.05) is 6.92 Å². The zero-order valence-corrected chi connectivity index (χ0v) is 20.0. The summed E-state index contributed by atoms with van der Waals surface area (Å²) in [4.78, 5) is 37.2. The number of aryl methyl sites for hydroxylation is 1. The molecule has 33 heavy (non-hydrogen) atoms. The summed E-state index contributed by atoms with van der Waals surface area (Å²) in [6.45, 7) is 4.57. The van der Waals surface area contributed by atoms with E-state index in [2.05, 4.69) is 0 Å². The normalized spacial score (nSPS) is 18.2. The first-order valence-electron chi connectivity index (χ1n) is 10.3. The molecule has 1 amide bonds. The van der Waals surface area contributed by atoms with E-state index in [0.29, 0.717) is 5.02 Å². The third-order valence-electron chi connectivity index (χ3n) is 5.85. The summed E-state index contributed by atoms with van der Waals surface area (Å²) >= 11 is 6.01. The van der Waals surface area contributed by atoms with Gasteiger partial charge in [-0.2, -0.15) is 4.31 Å². The van der Waals surface area contributed by atoms with Crippen LogP contribution in [0.25, 0.3) is 0 Å². The number of hydrogen-bond donors (Lipinski definition) is 0. The summed E-state index contributed by atoms with van der Waals surface area (Å²) in [5, 5.41) is 11.9. The number of nitrogens with zero attached hydrogens (tertiary/aromatic N) is 3. The van der Waals surface area contributed by atoms with Crippen molar-refractivity contribution in [2.75, 3.05) is 13.1 Å². The summed E-state index contributed by atoms with van der Waals surface area (Å²) in [5.41, 5.74) is 1.18. The molecule has 1 aliphatic rings. The average molecular weight is 494 g/mol. The number of rotatable bonds is 7. The Bertz CT molecular complexity index is 1220. The minimum Gasteiger partial charge on any atom is -0.330 e. The number of ketones is 1. The monoisotopic (exact) mass is 493 g/mol. The van der Waals surface area contributed by atoms with Crippen LogP contribution in [0.15, 0.2) is 47.4 Å². The van der Waals surface area contributed by atoms with Gasteiger partial charge in [-0.05, 0) is 50.1 Å². The van der Waals surface area contributed by atoms with Gasteiger partial charge in [-0.15, -0.1) is 0 Å². The lowest BCUT2D eigenvalue weighted by atomic mass is 9.97. The smallest absolute Gasteiger partial charge is 0.289 e. The first-order chi connectivity index (χ1) is 15.4. The summed E-state index contributed by atoms with van der Waals surface area (Å²) < 4.78 is 27.4. The fraction of sp³-hybridized carbons (Fsp3) is 0.364. The number of benzene rings is 2. The highest BCUT2D eigenvalue weighted by molar-refractivity contribution is 7.89. The number of carbonyl (C=O) groups is 2. The number of amides is 1. The van der Waals surface area contributed by atoms with Crippen LogP contribution in [0, 0.1) is 17.0 Å². The number of carbonyl (C=O) groups excluding carboxylic acids is 2. The second-order valence-electron chi connectivity index (χ2n) is 7.95. The van der Waals surface area contributed by atoms with Crippen molar-refractivity contribution in [3.8, 4) is 0 Å². The van der Waals surface area contributed by atoms with Crippen LogP contribution in [0.2, 0.25) is 5.02 Å². The molecular weight excluding hydrogens is 470 g/mol. The van der Waals surface area contributed by atoms with Crippen LogP contribution < -0.4 is 0 Å². The second kappa shape index (κ2) is 9.58. The lowest BCUT2D eigenvalue weighted by molar-refractivity contribution is -0.387. The number of hydrogen-bond acceptors (Lipinski definition) is 6. The second-order valence-corrected chi connectivity index (χ2v) is 10.2. The van der Waals surface area contributed by atoms with E-state index in [-0.39, 0.29) is 25.3 Å². The van der Waals surface area contributed by atoms with Crippen LogP contribution in [0.5, 0.6) is 0 Å². The van der Waals surface area contributed by atoms with E-state index in [9.17, 15) is 28.1 Å². The largest absolute Gasteiger partial charge is 0.330 e. The molecule has 9 nitrogen and oxygen atoms in total. The van der Waals surface area contributed by atoms with Crippen molar-refractivity contribution < 1.29 is 22.9 Å². The van der Waals surface area contributed by atoms with Crippen molar-refractivity contribution in [3.05, 3.63) is 68.7 Å². The molecule has 1 heterocycles. The van der Waals surface area contributed by atoms with Crippen molar-refractivity contribution in [1.29, 1.82) is 0 Å². The van der Waals surface area contributed by atoms with Crippen molar-refractivity contribution in [3.63, 3.8) is 0 Å². The molecule has 0 unspecified atom stereocenters. The molecule has 0 saturated carbocycles. The molecule has 2 atom stereocenters. The molecule has 0 aliphatic carbocycles. The number of para-hydroxylation sites is 1. The number of sulfonamides is 1. The highest BCUT2D eigenvalue weighted by Gasteiger charge is 2.43. The minimum absolute atomic E-state index is 0.0140. The molecular formula is C22H24ClN3O6S. The number of nitro benzene ring substituents is 1. The van der Waals surface area contributed by atoms with E-state index in [0.717, 1.165) is 27.6 Å². The number of nitro groups is 1. The molecule has 3 rings (SSSR count). The maximum atomic E-state index is 13.2. The Morgan fingerprint density at radius 3 is 2.52 bits per heavy atom. The van der Waals surface area contributed by atoms with Crippen molar-refractivity contribution >= 4 is 39.0 Å². The molecule has 1 saturated heterocycles. The standard InChI is InChI=1S/C22H24ClN3O6S/c1-14-12-18(23)9-8-17(14)13-20(16(3)27)24-10-11-25(15(2)22(24)28)33(31,32)21-7-5-4-6-19(21)26(29)30/h4-9,12,15,20H,10-11,13H2,1-3H3/t15-,20-/m0/s1. The Balaban J connectivity index is 1.89. The number of Topliss-reactive ketones (excluding diaryl/α,β-unsaturated/α-hetero) is 1. The topological polar surface area (TPSA) is 118 Å². The van der Waals surface area contributed by atoms with Gasteiger partial charge in [-0.25, -0.2) is 8.42 Å². The Morgan fingerprint density at radius 1 is 1.24 bits per heavy atom. The van der Waals surface area contributed by atoms with Gasteiger partial charge in [0.25, 0.3) is 15.7 Å². The molecule has 0 radical (unpaired) electrons. The molecule has 0 N–H and O–H groups in total. The fourth-order valence-corrected chi connectivity index (χ4v) is 6.00. The lowest BCUT2D eigenvalue weighted by Gasteiger charge is -2.41. The highest BCUT2D eigenvalue weighted by Crippen LogP contribution is 2.30. The van der Waals surface area contributed by atoms with Gasteiger partial charge in [0.05, 0.1) is 11.0 Å². The molecule has 176 valence electrons. The third-order valence-corrected chi connectivity index (χ3v) is 8.10. The summed E-state index contributed by atoms with van der Waals surface area (Å²) in [6, 6.07) is 8.42. The first kappa shape index (κ1) is 24.8. The van der Waals surface area contributed by atoms with E-state index >= 15 is 0 Å². The van der Waals surface area contributed by atoms with Crippen LogP contribution >= 0.6 is 11.6 Å². The Kier molecular flexibility index (Phi) is 7.20. The van der Waals surface area contributed by atoms with Crippen LogP contribution in [-0.4, -0.2) is 59.4 Å². The molecule has 2 aromatic carbocycles. The van der Waals surface area contributed by atoms with Gasteiger partial charge in [0.2, 0.25) is 5.91 Å². The molecule has 1 aliphatic heterocycles. The van der Waals surface area contributed by atoms with Gasteiger partial charge >= 0.3 is 0 Å². The Labute approximate surface area is 197 Å². The highest BCUT2D eigenvalue weighted by atomic mass is 35.5. The number of piperazine rings is 1. The van der Waals surface area contributed by atoms with Gasteiger partial charge in [0.1, 0.15) is 6.04 Å². The zero-order valence-electron chi connectivity index (χ0n) is 18.4. The lowest BCUT2D eigenvalue weighted by Crippen LogP contribution is -2.61. The van der Waals surface area contributed by atoms with Gasteiger partial charge in [0, 0.05) is 30.6 Å². The molecule has 0 aromatic heterocycles. The zero-order chi connectivity index (χ0) is 24.5. The summed E-state index contributed by atoms with van der Waals surface area (Å²) in [6.07, 6.45) is 0.272. The molecule has 1 fully saturated rings. The molecule has 11 heteroatoms. The first-order valence-corrected chi connectivity index (χ1v) is 12.1. The van der Waals surface area contributed by atoms with Gasteiger partial charge in [-0.3, -0.25) is 19.7 Å². The van der Waals surface area contributed by atoms with E-state index in [1.165, 1.54) is 30.9 Å². The van der Waals surface area contributed by atoms with Crippen molar-refractivity contribution in [1.82, 2.24) is 9.21 Å². The van der Waals surface area contributed by atoms with Crippen LogP contribution in [-0.2, 0) is 26.0 Å². The van der Waals surface area contributed by atoms with Gasteiger partial charge < -0.3 is 4.90 Å².